The van der Waals surface area contributed by atoms with Crippen molar-refractivity contribution in [1.82, 2.24) is 4.90 Å². The summed E-state index contributed by atoms with van der Waals surface area (Å²) in [7, 11) is 0. The molecule has 0 saturated carbocycles. The lowest BCUT2D eigenvalue weighted by molar-refractivity contribution is -0.159. The van der Waals surface area contributed by atoms with Gasteiger partial charge < -0.3 is 14.6 Å². The number of rotatable bonds is 3. The topological polar surface area (TPSA) is 93.1 Å². The number of likely N-dealkylation sites (tertiary alicyclic amines) is 1. The molecule has 1 saturated heterocycles. The van der Waals surface area contributed by atoms with Crippen LogP contribution in [0.1, 0.15) is 27.2 Å². The van der Waals surface area contributed by atoms with Crippen LogP contribution in [0.3, 0.4) is 0 Å². The van der Waals surface area contributed by atoms with Gasteiger partial charge in [0.1, 0.15) is 11.6 Å². The molecule has 112 valence electrons. The Morgan fingerprint density at radius 2 is 2.10 bits per heavy atom. The molecule has 0 aromatic rings. The third-order valence-electron chi connectivity index (χ3n) is 2.53. The van der Waals surface area contributed by atoms with E-state index < -0.39 is 35.8 Å². The van der Waals surface area contributed by atoms with Gasteiger partial charge in [-0.1, -0.05) is 6.58 Å². The van der Waals surface area contributed by atoms with Crippen molar-refractivity contribution >= 4 is 18.0 Å². The fourth-order valence-corrected chi connectivity index (χ4v) is 1.75. The van der Waals surface area contributed by atoms with Gasteiger partial charge in [-0.05, 0) is 20.8 Å². The van der Waals surface area contributed by atoms with Crippen molar-refractivity contribution in [3.8, 4) is 0 Å². The highest BCUT2D eigenvalue weighted by molar-refractivity contribution is 5.94. The smallest absolute Gasteiger partial charge is 0.411 e. The van der Waals surface area contributed by atoms with E-state index in [4.69, 9.17) is 6.17 Å². The molecule has 7 heteroatoms. The van der Waals surface area contributed by atoms with Gasteiger partial charge >= 0.3 is 18.0 Å². The second kappa shape index (κ2) is 6.04. The summed E-state index contributed by atoms with van der Waals surface area (Å²) in [4.78, 5) is 36.1. The summed E-state index contributed by atoms with van der Waals surface area (Å²) in [6.45, 7) is 8.27. The average Bonchev–Trinajstić information content (AvgIpc) is 2.80. The maximum absolute atomic E-state index is 12.1. The molecule has 0 aromatic carbocycles. The molecule has 1 N–H and O–H groups in total. The second-order valence-electron chi connectivity index (χ2n) is 5.45. The van der Waals surface area contributed by atoms with E-state index in [1.54, 1.807) is 20.8 Å². The summed E-state index contributed by atoms with van der Waals surface area (Å²) in [6.07, 6.45) is -0.459. The molecule has 1 aliphatic heterocycles. The van der Waals surface area contributed by atoms with E-state index in [0.717, 1.165) is 11.0 Å². The Morgan fingerprint density at radius 3 is 2.60 bits per heavy atom. The van der Waals surface area contributed by atoms with Gasteiger partial charge in [0.2, 0.25) is 1.43 Å². The first-order chi connectivity index (χ1) is 9.67. The summed E-state index contributed by atoms with van der Waals surface area (Å²) in [5, 5.41) is 4.42. The zero-order valence-corrected chi connectivity index (χ0v) is 11.8. The van der Waals surface area contributed by atoms with Crippen LogP contribution < -0.4 is 0 Å². The largest absolute Gasteiger partial charge is 0.444 e. The minimum absolute atomic E-state index is 0.0143. The van der Waals surface area contributed by atoms with Crippen LogP contribution in [0.25, 0.3) is 0 Å². The van der Waals surface area contributed by atoms with E-state index in [9.17, 15) is 14.4 Å². The SMILES string of the molecule is [2H]O[C@H]1C[C@@H](C(=O)OC(=O)C=C)N(C(=O)OC(C)(C)C)C1. The highest BCUT2D eigenvalue weighted by Crippen LogP contribution is 2.22. The van der Waals surface area contributed by atoms with Crippen LogP contribution in [0.15, 0.2) is 12.7 Å². The first kappa shape index (κ1) is 14.5. The van der Waals surface area contributed by atoms with Crippen molar-refractivity contribution in [1.29, 1.82) is 1.43 Å². The molecule has 1 heterocycles. The molecule has 7 nitrogen and oxygen atoms in total. The first-order valence-electron chi connectivity index (χ1n) is 6.58. The molecule has 1 fully saturated rings. The van der Waals surface area contributed by atoms with Gasteiger partial charge in [-0.3, -0.25) is 4.90 Å². The molecule has 0 radical (unpaired) electrons. The van der Waals surface area contributed by atoms with Gasteiger partial charge in [0.25, 0.3) is 0 Å². The van der Waals surface area contributed by atoms with Gasteiger partial charge in [0, 0.05) is 12.5 Å². The number of carbonyl (C=O) groups excluding carboxylic acids is 3. The number of amides is 1. The van der Waals surface area contributed by atoms with Crippen molar-refractivity contribution in [3.63, 3.8) is 0 Å². The molecule has 1 aliphatic rings. The number of esters is 2. The number of ether oxygens (including phenoxy) is 2. The van der Waals surface area contributed by atoms with Crippen molar-refractivity contribution in [3.05, 3.63) is 12.7 Å². The standard InChI is InChI=1S/C13H19NO6/c1-5-10(16)19-11(17)9-6-8(15)7-14(9)12(18)20-13(2,3)4/h5,8-9,15H,1,6-7H2,2-4H3/t8-,9-/m0/s1/i15D. The lowest BCUT2D eigenvalue weighted by atomic mass is 10.2. The number of nitrogens with zero attached hydrogens (tertiary/aromatic N) is 1. The average molecular weight is 286 g/mol. The summed E-state index contributed by atoms with van der Waals surface area (Å²) in [5.74, 6) is -1.80. The molecule has 1 rings (SSSR count). The lowest BCUT2D eigenvalue weighted by Crippen LogP contribution is -2.44. The number of aliphatic hydroxyl groups excluding tert-OH is 1. The van der Waals surface area contributed by atoms with Gasteiger partial charge in [-0.2, -0.15) is 0 Å². The lowest BCUT2D eigenvalue weighted by Gasteiger charge is -2.27. The number of carbonyl (C=O) groups is 3. The Kier molecular flexibility index (Phi) is 4.39. The van der Waals surface area contributed by atoms with Crippen LogP contribution in [0, 0.1) is 0 Å². The minimum atomic E-state index is -1.03. The van der Waals surface area contributed by atoms with Crippen LogP contribution in [-0.4, -0.2) is 53.8 Å². The van der Waals surface area contributed by atoms with Crippen LogP contribution in [-0.2, 0) is 19.1 Å². The monoisotopic (exact) mass is 286 g/mol. The summed E-state index contributed by atoms with van der Waals surface area (Å²) >= 11 is 0. The Morgan fingerprint density at radius 1 is 1.45 bits per heavy atom. The number of hydrogen-bond acceptors (Lipinski definition) is 6. The fourth-order valence-electron chi connectivity index (χ4n) is 1.75. The van der Waals surface area contributed by atoms with Gasteiger partial charge in [-0.25, -0.2) is 14.4 Å². The van der Waals surface area contributed by atoms with Crippen LogP contribution >= 0.6 is 0 Å². The molecule has 2 atom stereocenters. The molecule has 0 bridgehead atoms. The number of β-amino-alcohol motifs (C(OH)–C–C–N with tert-alkyl or cyclic N) is 1. The predicted molar refractivity (Wildman–Crippen MR) is 68.6 cm³/mol. The number of aliphatic hydroxyl groups is 1. The van der Waals surface area contributed by atoms with E-state index in [2.05, 4.69) is 16.4 Å². The molecule has 0 unspecified atom stereocenters. The van der Waals surface area contributed by atoms with E-state index in [1.807, 2.05) is 0 Å². The summed E-state index contributed by atoms with van der Waals surface area (Å²) in [5.41, 5.74) is -0.734. The maximum atomic E-state index is 12.1. The maximum Gasteiger partial charge on any atom is 0.411 e. The zero-order chi connectivity index (χ0) is 16.2. The van der Waals surface area contributed by atoms with Crippen LogP contribution in [0.5, 0.6) is 0 Å². The molecule has 0 spiro atoms. The minimum Gasteiger partial charge on any atom is -0.444 e. The second-order valence-corrected chi connectivity index (χ2v) is 5.45. The van der Waals surface area contributed by atoms with E-state index in [0.29, 0.717) is 0 Å². The highest BCUT2D eigenvalue weighted by Gasteiger charge is 2.42. The van der Waals surface area contributed by atoms with E-state index >= 15 is 0 Å². The molecule has 1 amide bonds. The van der Waals surface area contributed by atoms with E-state index in [1.165, 1.54) is 0 Å². The van der Waals surface area contributed by atoms with Gasteiger partial charge in [-0.15, -0.1) is 0 Å². The summed E-state index contributed by atoms with van der Waals surface area (Å²) in [6, 6.07) is -1.03. The van der Waals surface area contributed by atoms with Crippen molar-refractivity contribution in [2.24, 2.45) is 0 Å². The van der Waals surface area contributed by atoms with Crippen molar-refractivity contribution < 1.29 is 29.0 Å². The third kappa shape index (κ3) is 4.34. The van der Waals surface area contributed by atoms with Crippen LogP contribution in [0.4, 0.5) is 4.79 Å². The predicted octanol–water partition coefficient (Wildman–Crippen LogP) is 0.612. The van der Waals surface area contributed by atoms with Crippen molar-refractivity contribution in [2.75, 3.05) is 6.54 Å². The molecule has 20 heavy (non-hydrogen) atoms. The molecular weight excluding hydrogens is 266 g/mol. The summed E-state index contributed by atoms with van der Waals surface area (Å²) < 4.78 is 16.6. The Labute approximate surface area is 118 Å². The zero-order valence-electron chi connectivity index (χ0n) is 12.8. The highest BCUT2D eigenvalue weighted by atomic mass is 16.6. The van der Waals surface area contributed by atoms with Gasteiger partial charge in [0.15, 0.2) is 0 Å². The Balaban J connectivity index is 2.83. The normalized spacial score (nSPS) is 22.9. The molecule has 0 aliphatic carbocycles. The van der Waals surface area contributed by atoms with Crippen molar-refractivity contribution in [2.45, 2.75) is 44.9 Å². The van der Waals surface area contributed by atoms with E-state index in [-0.39, 0.29) is 13.0 Å². The third-order valence-corrected chi connectivity index (χ3v) is 2.53. The number of hydrogen-bond donors (Lipinski definition) is 1. The Hall–Kier alpha value is -1.89. The molecular formula is C13H19NO6. The first-order valence-corrected chi connectivity index (χ1v) is 6.17. The Bertz CT molecular complexity index is 444. The fraction of sp³-hybridized carbons (Fsp3) is 0.615. The molecule has 0 aromatic heterocycles. The van der Waals surface area contributed by atoms with Gasteiger partial charge in [0.05, 0.1) is 12.6 Å². The van der Waals surface area contributed by atoms with Crippen LogP contribution in [0.2, 0.25) is 0 Å². The quantitative estimate of drug-likeness (QED) is 0.464.